The van der Waals surface area contributed by atoms with Crippen molar-refractivity contribution in [2.45, 2.75) is 42.5 Å². The minimum atomic E-state index is -3.98. The van der Waals surface area contributed by atoms with Crippen molar-refractivity contribution in [3.8, 4) is 0 Å². The van der Waals surface area contributed by atoms with Crippen LogP contribution in [0.25, 0.3) is 10.8 Å². The van der Waals surface area contributed by atoms with Gasteiger partial charge in [-0.2, -0.15) is 0 Å². The van der Waals surface area contributed by atoms with Crippen LogP contribution in [0.3, 0.4) is 0 Å². The largest absolute Gasteiger partial charge is 0.481 e. The van der Waals surface area contributed by atoms with Gasteiger partial charge in [0, 0.05) is 28.5 Å². The summed E-state index contributed by atoms with van der Waals surface area (Å²) >= 11 is 6.28. The lowest BCUT2D eigenvalue weighted by atomic mass is 10.00. The van der Waals surface area contributed by atoms with Crippen LogP contribution in [0.4, 0.5) is 16.2 Å². The van der Waals surface area contributed by atoms with Gasteiger partial charge in [-0.3, -0.25) is 24.9 Å². The molecule has 14 heteroatoms. The Bertz CT molecular complexity index is 1850. The fourth-order valence-corrected chi connectivity index (χ4v) is 6.23. The van der Waals surface area contributed by atoms with Gasteiger partial charge in [-0.1, -0.05) is 29.8 Å². The third kappa shape index (κ3) is 7.69. The van der Waals surface area contributed by atoms with Gasteiger partial charge >= 0.3 is 12.1 Å². The van der Waals surface area contributed by atoms with E-state index in [-0.39, 0.29) is 16.1 Å². The Morgan fingerprint density at radius 2 is 1.80 bits per heavy atom. The number of methoxy groups -OCH3 is 1. The number of hydrogen-bond donors (Lipinski definition) is 4. The molecule has 0 unspecified atom stereocenters. The molecular formula is C31H32ClN5O7S. The molecule has 12 nitrogen and oxygen atoms in total. The minimum Gasteiger partial charge on any atom is -0.481 e. The molecule has 45 heavy (non-hydrogen) atoms. The molecule has 0 aliphatic carbocycles. The average molecular weight is 654 g/mol. The minimum absolute atomic E-state index is 0.0417. The molecule has 2 atom stereocenters. The van der Waals surface area contributed by atoms with E-state index in [0.717, 1.165) is 17.9 Å². The summed E-state index contributed by atoms with van der Waals surface area (Å²) in [6.07, 6.45) is 1.79. The number of aromatic nitrogens is 1. The number of carbonyl (C=O) groups is 3. The van der Waals surface area contributed by atoms with E-state index in [1.165, 1.54) is 37.1 Å². The van der Waals surface area contributed by atoms with Crippen LogP contribution in [0.2, 0.25) is 5.02 Å². The first kappa shape index (κ1) is 33.2. The van der Waals surface area contributed by atoms with E-state index in [9.17, 15) is 27.9 Å². The van der Waals surface area contributed by atoms with Crippen molar-refractivity contribution in [1.82, 2.24) is 10.3 Å². The number of rotatable bonds is 11. The van der Waals surface area contributed by atoms with E-state index in [1.54, 1.807) is 60.9 Å². The van der Waals surface area contributed by atoms with Gasteiger partial charge in [0.2, 0.25) is 5.91 Å². The number of hydrazine groups is 1. The number of sulfone groups is 1. The van der Waals surface area contributed by atoms with Crippen molar-refractivity contribution < 1.29 is 32.6 Å². The number of aliphatic carboxylic acids is 1. The summed E-state index contributed by atoms with van der Waals surface area (Å²) in [6.45, 7) is 2.96. The molecule has 236 valence electrons. The number of hydrogen-bond acceptors (Lipinski definition) is 9. The summed E-state index contributed by atoms with van der Waals surface area (Å²) in [4.78, 5) is 42.1. The molecule has 0 fully saturated rings. The number of carbonyl (C=O) groups excluding carboxylic acids is 2. The van der Waals surface area contributed by atoms with Crippen molar-refractivity contribution in [3.05, 3.63) is 95.3 Å². The number of nitrogens with one attached hydrogen (secondary N) is 2. The smallest absolute Gasteiger partial charge is 0.411 e. The van der Waals surface area contributed by atoms with Gasteiger partial charge in [0.05, 0.1) is 35.4 Å². The second kappa shape index (κ2) is 13.9. The first-order chi connectivity index (χ1) is 21.3. The number of carboxylic acid groups (broad SMARTS) is 1. The summed E-state index contributed by atoms with van der Waals surface area (Å²) in [5.41, 5.74) is 0.931. The quantitative estimate of drug-likeness (QED) is 0.127. The molecule has 5 N–H and O–H groups in total. The van der Waals surface area contributed by atoms with Crippen LogP contribution in [0, 0.1) is 0 Å². The van der Waals surface area contributed by atoms with Crippen LogP contribution in [-0.4, -0.2) is 48.8 Å². The van der Waals surface area contributed by atoms with E-state index in [1.807, 2.05) is 0 Å². The molecule has 0 aliphatic rings. The molecule has 3 aromatic carbocycles. The van der Waals surface area contributed by atoms with Crippen molar-refractivity contribution in [2.24, 2.45) is 5.84 Å². The second-order valence-electron chi connectivity index (χ2n) is 10.4. The zero-order chi connectivity index (χ0) is 32.9. The first-order valence-electron chi connectivity index (χ1n) is 13.7. The molecule has 4 aromatic rings. The number of fused-ring (bicyclic) bond motifs is 1. The summed E-state index contributed by atoms with van der Waals surface area (Å²) in [7, 11) is -2.82. The Morgan fingerprint density at radius 1 is 1.04 bits per heavy atom. The summed E-state index contributed by atoms with van der Waals surface area (Å²) < 4.78 is 31.4. The van der Waals surface area contributed by atoms with E-state index >= 15 is 0 Å². The third-order valence-corrected chi connectivity index (χ3v) is 9.51. The molecule has 0 spiro atoms. The average Bonchev–Trinajstić information content (AvgIpc) is 3.00. The zero-order valence-corrected chi connectivity index (χ0v) is 26.2. The second-order valence-corrected chi connectivity index (χ2v) is 13.3. The Hall–Kier alpha value is -4.72. The number of pyridine rings is 1. The number of nitrogens with zero attached hydrogens (tertiary/aromatic N) is 2. The number of benzene rings is 3. The normalized spacial score (nSPS) is 12.8. The molecule has 1 heterocycles. The highest BCUT2D eigenvalue weighted by Crippen LogP contribution is 2.33. The number of halogens is 1. The standard InChI is InChI=1S/C31H32ClN5O7S/c1-18(2)45(42,43)27-10-8-23(35-31(41)44-3)15-25(27)26(16-28(38)39)36-30(40)29(20-5-4-6-22(32)13-20)37(33)24-9-7-21-17-34-12-11-19(21)14-24/h4-15,17-18,26,29H,16,33H2,1-3H3,(H,35,41)(H,36,40)(H,38,39)/t26-,29-/m1/s1. The summed E-state index contributed by atoms with van der Waals surface area (Å²) in [6, 6.07) is 14.8. The SMILES string of the molecule is COC(=O)Nc1ccc(S(=O)(=O)C(C)C)c([C@@H](CC(=O)O)NC(=O)[C@@H](c2cccc(Cl)c2)N(N)c2ccc3cnccc3c2)c1. The van der Waals surface area contributed by atoms with E-state index in [4.69, 9.17) is 17.4 Å². The maximum atomic E-state index is 14.2. The fraction of sp³-hybridized carbons (Fsp3) is 0.226. The highest BCUT2D eigenvalue weighted by atomic mass is 35.5. The van der Waals surface area contributed by atoms with Crippen LogP contribution in [0.1, 0.15) is 43.5 Å². The highest BCUT2D eigenvalue weighted by molar-refractivity contribution is 7.92. The molecule has 0 aliphatic heterocycles. The van der Waals surface area contributed by atoms with E-state index in [2.05, 4.69) is 20.4 Å². The van der Waals surface area contributed by atoms with Gasteiger partial charge < -0.3 is 15.2 Å². The predicted octanol–water partition coefficient (Wildman–Crippen LogP) is 5.00. The lowest BCUT2D eigenvalue weighted by molar-refractivity contribution is -0.137. The van der Waals surface area contributed by atoms with Gasteiger partial charge in [0.1, 0.15) is 6.04 Å². The maximum Gasteiger partial charge on any atom is 0.411 e. The van der Waals surface area contributed by atoms with Gasteiger partial charge in [0.15, 0.2) is 9.84 Å². The fourth-order valence-electron chi connectivity index (χ4n) is 4.74. The van der Waals surface area contributed by atoms with Crippen molar-refractivity contribution in [1.29, 1.82) is 0 Å². The van der Waals surface area contributed by atoms with Crippen LogP contribution in [0.5, 0.6) is 0 Å². The number of ether oxygens (including phenoxy) is 1. The monoisotopic (exact) mass is 653 g/mol. The van der Waals surface area contributed by atoms with E-state index in [0.29, 0.717) is 16.3 Å². The predicted molar refractivity (Wildman–Crippen MR) is 171 cm³/mol. The Balaban J connectivity index is 1.83. The number of nitrogens with two attached hydrogens (primary N) is 1. The van der Waals surface area contributed by atoms with Crippen molar-refractivity contribution in [3.63, 3.8) is 0 Å². The summed E-state index contributed by atoms with van der Waals surface area (Å²) in [5.74, 6) is 4.55. The number of carboxylic acids is 1. The highest BCUT2D eigenvalue weighted by Gasteiger charge is 2.33. The molecule has 0 bridgehead atoms. The zero-order valence-electron chi connectivity index (χ0n) is 24.6. The van der Waals surface area contributed by atoms with Crippen LogP contribution in [0.15, 0.2) is 84.0 Å². The van der Waals surface area contributed by atoms with Crippen LogP contribution in [-0.2, 0) is 24.2 Å². The van der Waals surface area contributed by atoms with Crippen LogP contribution >= 0.6 is 11.6 Å². The van der Waals surface area contributed by atoms with Crippen molar-refractivity contribution >= 4 is 61.6 Å². The lowest BCUT2D eigenvalue weighted by Gasteiger charge is -2.31. The topological polar surface area (TPSA) is 181 Å². The molecule has 4 rings (SSSR count). The Kier molecular flexibility index (Phi) is 10.3. The first-order valence-corrected chi connectivity index (χ1v) is 15.6. The van der Waals surface area contributed by atoms with Gasteiger partial charge in [-0.05, 0) is 78.9 Å². The molecule has 0 saturated carbocycles. The maximum absolute atomic E-state index is 14.2. The summed E-state index contributed by atoms with van der Waals surface area (Å²) in [5, 5.41) is 17.3. The van der Waals surface area contributed by atoms with Gasteiger partial charge in [-0.25, -0.2) is 19.1 Å². The molecule has 0 radical (unpaired) electrons. The lowest BCUT2D eigenvalue weighted by Crippen LogP contribution is -2.46. The van der Waals surface area contributed by atoms with Gasteiger partial charge in [-0.15, -0.1) is 0 Å². The molecule has 0 saturated heterocycles. The van der Waals surface area contributed by atoms with Crippen LogP contribution < -0.4 is 21.5 Å². The molecular weight excluding hydrogens is 622 g/mol. The Labute approximate surface area is 265 Å². The Morgan fingerprint density at radius 3 is 2.47 bits per heavy atom. The molecule has 2 amide bonds. The molecule has 1 aromatic heterocycles. The van der Waals surface area contributed by atoms with Gasteiger partial charge in [0.25, 0.3) is 0 Å². The van der Waals surface area contributed by atoms with E-state index < -0.39 is 51.6 Å². The third-order valence-electron chi connectivity index (χ3n) is 7.05. The van der Waals surface area contributed by atoms with Crippen molar-refractivity contribution in [2.75, 3.05) is 17.4 Å². The number of anilines is 2. The number of amides is 2.